The highest BCUT2D eigenvalue weighted by Crippen LogP contribution is 2.20. The number of carbonyl (C=O) groups excluding carboxylic acids is 1. The zero-order valence-corrected chi connectivity index (χ0v) is 16.5. The van der Waals surface area contributed by atoms with Crippen molar-refractivity contribution in [1.82, 2.24) is 9.97 Å². The van der Waals surface area contributed by atoms with Crippen LogP contribution in [0.4, 0.5) is 11.5 Å². The van der Waals surface area contributed by atoms with Crippen molar-refractivity contribution < 1.29 is 9.53 Å². The van der Waals surface area contributed by atoms with Crippen LogP contribution in [-0.4, -0.2) is 29.5 Å². The third-order valence-corrected chi connectivity index (χ3v) is 4.59. The molecule has 2 aromatic carbocycles. The fourth-order valence-electron chi connectivity index (χ4n) is 2.61. The van der Waals surface area contributed by atoms with Crippen LogP contribution in [0.15, 0.2) is 54.9 Å². The van der Waals surface area contributed by atoms with Crippen molar-refractivity contribution in [2.45, 2.75) is 13.3 Å². The Morgan fingerprint density at radius 3 is 2.79 bits per heavy atom. The van der Waals surface area contributed by atoms with Crippen LogP contribution in [0.2, 0.25) is 5.02 Å². The van der Waals surface area contributed by atoms with Gasteiger partial charge in [-0.3, -0.25) is 4.79 Å². The first kappa shape index (κ1) is 19.6. The molecule has 0 aliphatic heterocycles. The lowest BCUT2D eigenvalue weighted by Crippen LogP contribution is -2.15. The highest BCUT2D eigenvalue weighted by atomic mass is 35.5. The summed E-state index contributed by atoms with van der Waals surface area (Å²) in [6, 6.07) is 14.9. The summed E-state index contributed by atoms with van der Waals surface area (Å²) in [7, 11) is 1.65. The van der Waals surface area contributed by atoms with E-state index in [0.29, 0.717) is 23.1 Å². The fourth-order valence-corrected chi connectivity index (χ4v) is 2.79. The van der Waals surface area contributed by atoms with E-state index in [0.717, 1.165) is 23.3 Å². The number of amides is 1. The minimum atomic E-state index is -0.321. The second kappa shape index (κ2) is 9.19. The molecule has 1 heterocycles. The van der Waals surface area contributed by atoms with Gasteiger partial charge in [-0.25, -0.2) is 9.97 Å². The number of ether oxygens (including phenoxy) is 1. The molecule has 2 N–H and O–H groups in total. The molecule has 7 heteroatoms. The second-order valence-corrected chi connectivity index (χ2v) is 6.64. The van der Waals surface area contributed by atoms with Gasteiger partial charge in [0.2, 0.25) is 0 Å². The summed E-state index contributed by atoms with van der Waals surface area (Å²) in [5.41, 5.74) is 2.99. The molecule has 1 amide bonds. The first-order valence-corrected chi connectivity index (χ1v) is 9.19. The van der Waals surface area contributed by atoms with Crippen LogP contribution in [0.25, 0.3) is 0 Å². The molecule has 0 unspecified atom stereocenters. The SMILES string of the molecule is COc1cccc(CCNc2cc(C(=O)Nc3ccc(C)c(Cl)c3)ncn2)c1. The molecule has 0 aliphatic rings. The maximum absolute atomic E-state index is 12.4. The lowest BCUT2D eigenvalue weighted by atomic mass is 10.1. The molecule has 0 aliphatic carbocycles. The summed E-state index contributed by atoms with van der Waals surface area (Å²) in [6.07, 6.45) is 2.16. The van der Waals surface area contributed by atoms with E-state index in [1.165, 1.54) is 6.33 Å². The van der Waals surface area contributed by atoms with Gasteiger partial charge in [0.25, 0.3) is 5.91 Å². The minimum absolute atomic E-state index is 0.274. The van der Waals surface area contributed by atoms with Crippen LogP contribution in [0.5, 0.6) is 5.75 Å². The van der Waals surface area contributed by atoms with Crippen molar-refractivity contribution in [3.05, 3.63) is 76.7 Å². The first-order valence-electron chi connectivity index (χ1n) is 8.81. The number of carbonyl (C=O) groups is 1. The van der Waals surface area contributed by atoms with Crippen LogP contribution in [-0.2, 0) is 6.42 Å². The van der Waals surface area contributed by atoms with Gasteiger partial charge in [-0.05, 0) is 48.7 Å². The van der Waals surface area contributed by atoms with Crippen LogP contribution in [0, 0.1) is 6.92 Å². The van der Waals surface area contributed by atoms with Crippen molar-refractivity contribution in [3.63, 3.8) is 0 Å². The average molecular weight is 397 g/mol. The van der Waals surface area contributed by atoms with Crippen molar-refractivity contribution in [3.8, 4) is 5.75 Å². The maximum atomic E-state index is 12.4. The Bertz CT molecular complexity index is 978. The number of rotatable bonds is 7. The Labute approximate surface area is 168 Å². The summed E-state index contributed by atoms with van der Waals surface area (Å²) in [4.78, 5) is 20.7. The molecule has 28 heavy (non-hydrogen) atoms. The highest BCUT2D eigenvalue weighted by molar-refractivity contribution is 6.31. The molecule has 0 radical (unpaired) electrons. The number of aromatic nitrogens is 2. The van der Waals surface area contributed by atoms with E-state index in [9.17, 15) is 4.79 Å². The number of nitrogens with zero attached hydrogens (tertiary/aromatic N) is 2. The Kier molecular flexibility index (Phi) is 6.45. The predicted octanol–water partition coefficient (Wildman–Crippen LogP) is 4.35. The quantitative estimate of drug-likeness (QED) is 0.620. The van der Waals surface area contributed by atoms with Crippen LogP contribution in [0.1, 0.15) is 21.6 Å². The molecule has 6 nitrogen and oxygen atoms in total. The van der Waals surface area contributed by atoms with Gasteiger partial charge in [0, 0.05) is 23.3 Å². The van der Waals surface area contributed by atoms with E-state index in [1.54, 1.807) is 25.3 Å². The first-order chi connectivity index (χ1) is 13.5. The molecular weight excluding hydrogens is 376 g/mol. The van der Waals surface area contributed by atoms with Crippen LogP contribution in [0.3, 0.4) is 0 Å². The fraction of sp³-hybridized carbons (Fsp3) is 0.190. The van der Waals surface area contributed by atoms with Gasteiger partial charge in [0.1, 0.15) is 23.6 Å². The van der Waals surface area contributed by atoms with Gasteiger partial charge in [-0.2, -0.15) is 0 Å². The second-order valence-electron chi connectivity index (χ2n) is 6.23. The Hall–Kier alpha value is -3.12. The third kappa shape index (κ3) is 5.20. The molecule has 3 aromatic rings. The van der Waals surface area contributed by atoms with Crippen molar-refractivity contribution in [1.29, 1.82) is 0 Å². The van der Waals surface area contributed by atoms with E-state index in [-0.39, 0.29) is 11.6 Å². The Morgan fingerprint density at radius 1 is 1.14 bits per heavy atom. The lowest BCUT2D eigenvalue weighted by molar-refractivity contribution is 0.102. The highest BCUT2D eigenvalue weighted by Gasteiger charge is 2.10. The van der Waals surface area contributed by atoms with Gasteiger partial charge in [-0.15, -0.1) is 0 Å². The Morgan fingerprint density at radius 2 is 2.00 bits per heavy atom. The van der Waals surface area contributed by atoms with E-state index < -0.39 is 0 Å². The summed E-state index contributed by atoms with van der Waals surface area (Å²) in [6.45, 7) is 2.57. The van der Waals surface area contributed by atoms with Gasteiger partial charge in [-0.1, -0.05) is 29.8 Å². The molecule has 0 atom stereocenters. The molecular formula is C21H21ClN4O2. The van der Waals surface area contributed by atoms with Crippen LogP contribution >= 0.6 is 11.6 Å². The molecule has 0 saturated carbocycles. The number of nitrogens with one attached hydrogen (secondary N) is 2. The number of aryl methyl sites for hydroxylation is 1. The molecule has 0 saturated heterocycles. The van der Waals surface area contributed by atoms with Crippen molar-refractivity contribution in [2.75, 3.05) is 24.3 Å². The van der Waals surface area contributed by atoms with E-state index in [1.807, 2.05) is 37.3 Å². The standard InChI is InChI=1S/C21H21ClN4O2/c1-14-6-7-16(11-18(14)22)26-21(27)19-12-20(25-13-24-19)23-9-8-15-4-3-5-17(10-15)28-2/h3-7,10-13H,8-9H2,1-2H3,(H,26,27)(H,23,24,25). The summed E-state index contributed by atoms with van der Waals surface area (Å²) in [5.74, 6) is 1.10. The summed E-state index contributed by atoms with van der Waals surface area (Å²) < 4.78 is 5.23. The summed E-state index contributed by atoms with van der Waals surface area (Å²) >= 11 is 6.10. The molecule has 0 spiro atoms. The zero-order chi connectivity index (χ0) is 19.9. The lowest BCUT2D eigenvalue weighted by Gasteiger charge is -2.09. The van der Waals surface area contributed by atoms with E-state index in [2.05, 4.69) is 20.6 Å². The van der Waals surface area contributed by atoms with Gasteiger partial charge in [0.15, 0.2) is 0 Å². The topological polar surface area (TPSA) is 76.1 Å². The van der Waals surface area contributed by atoms with Crippen molar-refractivity contribution >= 4 is 29.0 Å². The third-order valence-electron chi connectivity index (χ3n) is 4.18. The minimum Gasteiger partial charge on any atom is -0.497 e. The number of methoxy groups -OCH3 is 1. The molecule has 1 aromatic heterocycles. The van der Waals surface area contributed by atoms with E-state index >= 15 is 0 Å². The van der Waals surface area contributed by atoms with Gasteiger partial charge in [0.05, 0.1) is 7.11 Å². The largest absolute Gasteiger partial charge is 0.497 e. The van der Waals surface area contributed by atoms with Crippen LogP contribution < -0.4 is 15.4 Å². The Balaban J connectivity index is 1.59. The maximum Gasteiger partial charge on any atom is 0.274 e. The number of benzene rings is 2. The average Bonchev–Trinajstić information content (AvgIpc) is 2.71. The van der Waals surface area contributed by atoms with Gasteiger partial charge >= 0.3 is 0 Å². The predicted molar refractivity (Wildman–Crippen MR) is 111 cm³/mol. The molecule has 0 bridgehead atoms. The zero-order valence-electron chi connectivity index (χ0n) is 15.7. The smallest absolute Gasteiger partial charge is 0.274 e. The number of hydrogen-bond acceptors (Lipinski definition) is 5. The number of anilines is 2. The molecule has 144 valence electrons. The molecule has 0 fully saturated rings. The monoisotopic (exact) mass is 396 g/mol. The normalized spacial score (nSPS) is 10.4. The van der Waals surface area contributed by atoms with Crippen molar-refractivity contribution in [2.24, 2.45) is 0 Å². The van der Waals surface area contributed by atoms with Gasteiger partial charge < -0.3 is 15.4 Å². The molecule has 3 rings (SSSR count). The number of hydrogen-bond donors (Lipinski definition) is 2. The number of halogens is 1. The summed E-state index contributed by atoms with van der Waals surface area (Å²) in [5, 5.41) is 6.60. The van der Waals surface area contributed by atoms with E-state index in [4.69, 9.17) is 16.3 Å².